The van der Waals surface area contributed by atoms with E-state index in [0.29, 0.717) is 24.2 Å². The lowest BCUT2D eigenvalue weighted by Crippen LogP contribution is -2.15. The van der Waals surface area contributed by atoms with Crippen molar-refractivity contribution in [1.82, 2.24) is 4.98 Å². The maximum Gasteiger partial charge on any atom is 0.111 e. The summed E-state index contributed by atoms with van der Waals surface area (Å²) < 4.78 is 10.7. The summed E-state index contributed by atoms with van der Waals surface area (Å²) in [6, 6.07) is 7.74. The fourth-order valence-electron chi connectivity index (χ4n) is 2.74. The van der Waals surface area contributed by atoms with Crippen LogP contribution in [-0.4, -0.2) is 25.3 Å². The van der Waals surface area contributed by atoms with Gasteiger partial charge in [-0.25, -0.2) is 0 Å². The van der Waals surface area contributed by atoms with Crippen molar-refractivity contribution in [2.75, 3.05) is 25.6 Å². The van der Waals surface area contributed by atoms with E-state index < -0.39 is 0 Å². The van der Waals surface area contributed by atoms with Gasteiger partial charge in [-0.2, -0.15) is 0 Å². The van der Waals surface area contributed by atoms with E-state index in [-0.39, 0.29) is 0 Å². The number of halogens is 1. The number of pyridine rings is 1. The molecule has 1 N–H and O–H groups in total. The second-order valence-corrected chi connectivity index (χ2v) is 6.28. The SMILES string of the molecule is COCCOC1=CC=C(Nc2ccnc3cc(Cl)ccc23)C(C)C1. The molecule has 0 bridgehead atoms. The zero-order chi connectivity index (χ0) is 16.9. The van der Waals surface area contributed by atoms with Crippen molar-refractivity contribution < 1.29 is 9.47 Å². The minimum atomic E-state index is 0.350. The Balaban J connectivity index is 1.78. The van der Waals surface area contributed by atoms with Gasteiger partial charge in [-0.05, 0) is 36.4 Å². The third-order valence-electron chi connectivity index (χ3n) is 4.05. The molecule has 3 rings (SSSR count). The van der Waals surface area contributed by atoms with Crippen LogP contribution in [0.5, 0.6) is 0 Å². The Morgan fingerprint density at radius 3 is 2.92 bits per heavy atom. The summed E-state index contributed by atoms with van der Waals surface area (Å²) in [5.74, 6) is 1.35. The van der Waals surface area contributed by atoms with Gasteiger partial charge in [0.05, 0.1) is 17.9 Å². The molecule has 1 heterocycles. The molecule has 1 atom stereocenters. The molecule has 0 radical (unpaired) electrons. The van der Waals surface area contributed by atoms with Crippen molar-refractivity contribution in [2.24, 2.45) is 5.92 Å². The first-order valence-electron chi connectivity index (χ1n) is 8.01. The van der Waals surface area contributed by atoms with Gasteiger partial charge in [-0.15, -0.1) is 0 Å². The molecule has 0 spiro atoms. The van der Waals surface area contributed by atoms with Gasteiger partial charge >= 0.3 is 0 Å². The number of methoxy groups -OCH3 is 1. The van der Waals surface area contributed by atoms with Crippen LogP contribution < -0.4 is 5.32 Å². The van der Waals surface area contributed by atoms with E-state index in [1.165, 1.54) is 0 Å². The molecule has 1 aliphatic rings. The first-order chi connectivity index (χ1) is 11.7. The number of ether oxygens (including phenoxy) is 2. The number of hydrogen-bond acceptors (Lipinski definition) is 4. The lowest BCUT2D eigenvalue weighted by Gasteiger charge is -2.23. The quantitative estimate of drug-likeness (QED) is 0.766. The fraction of sp³-hybridized carbons (Fsp3) is 0.316. The van der Waals surface area contributed by atoms with Gasteiger partial charge < -0.3 is 14.8 Å². The molecule has 24 heavy (non-hydrogen) atoms. The first kappa shape index (κ1) is 16.8. The molecule has 5 heteroatoms. The highest BCUT2D eigenvalue weighted by Crippen LogP contribution is 2.30. The molecule has 0 aliphatic heterocycles. The summed E-state index contributed by atoms with van der Waals surface area (Å²) in [7, 11) is 1.68. The Kier molecular flexibility index (Phi) is 5.38. The zero-order valence-electron chi connectivity index (χ0n) is 13.9. The van der Waals surface area contributed by atoms with Gasteiger partial charge in [-0.3, -0.25) is 4.98 Å². The summed E-state index contributed by atoms with van der Waals surface area (Å²) in [4.78, 5) is 4.38. The normalized spacial score (nSPS) is 17.4. The van der Waals surface area contributed by atoms with Crippen LogP contribution in [0.2, 0.25) is 5.02 Å². The average molecular weight is 345 g/mol. The Labute approximate surface area is 147 Å². The van der Waals surface area contributed by atoms with Crippen LogP contribution in [0.3, 0.4) is 0 Å². The van der Waals surface area contributed by atoms with Gasteiger partial charge in [-0.1, -0.05) is 18.5 Å². The van der Waals surface area contributed by atoms with E-state index in [0.717, 1.165) is 34.5 Å². The van der Waals surface area contributed by atoms with Gasteiger partial charge in [0.2, 0.25) is 0 Å². The second kappa shape index (κ2) is 7.69. The highest BCUT2D eigenvalue weighted by atomic mass is 35.5. The third kappa shape index (κ3) is 3.89. The number of nitrogens with one attached hydrogen (secondary N) is 1. The predicted molar refractivity (Wildman–Crippen MR) is 98.2 cm³/mol. The van der Waals surface area contributed by atoms with E-state index in [2.05, 4.69) is 23.3 Å². The number of benzene rings is 1. The number of aromatic nitrogens is 1. The van der Waals surface area contributed by atoms with Gasteiger partial charge in [0.15, 0.2) is 0 Å². The van der Waals surface area contributed by atoms with Crippen molar-refractivity contribution in [1.29, 1.82) is 0 Å². The largest absolute Gasteiger partial charge is 0.496 e. The van der Waals surface area contributed by atoms with E-state index in [1.54, 1.807) is 13.3 Å². The first-order valence-corrected chi connectivity index (χ1v) is 8.39. The van der Waals surface area contributed by atoms with E-state index in [9.17, 15) is 0 Å². The van der Waals surface area contributed by atoms with Gasteiger partial charge in [0.25, 0.3) is 0 Å². The Morgan fingerprint density at radius 1 is 1.25 bits per heavy atom. The zero-order valence-corrected chi connectivity index (χ0v) is 14.6. The van der Waals surface area contributed by atoms with Gasteiger partial charge in [0, 0.05) is 47.4 Å². The molecule has 1 aliphatic carbocycles. The molecule has 1 aromatic heterocycles. The number of nitrogens with zero attached hydrogens (tertiary/aromatic N) is 1. The molecular formula is C19H21ClN2O2. The fourth-order valence-corrected chi connectivity index (χ4v) is 2.91. The maximum atomic E-state index is 6.05. The third-order valence-corrected chi connectivity index (χ3v) is 4.28. The Hall–Kier alpha value is -2.04. The lowest BCUT2D eigenvalue weighted by molar-refractivity contribution is 0.104. The highest BCUT2D eigenvalue weighted by Gasteiger charge is 2.17. The summed E-state index contributed by atoms with van der Waals surface area (Å²) in [6.07, 6.45) is 6.78. The van der Waals surface area contributed by atoms with E-state index in [1.807, 2.05) is 30.3 Å². The molecule has 0 saturated carbocycles. The number of hydrogen-bond donors (Lipinski definition) is 1. The average Bonchev–Trinajstić information content (AvgIpc) is 2.57. The standard InChI is InChI=1S/C19H21ClN2O2/c1-13-11-15(24-10-9-23-2)4-6-17(13)22-18-7-8-21-19-12-14(20)3-5-16(18)19/h3-8,12-13H,9-11H2,1-2H3,(H,21,22). The van der Waals surface area contributed by atoms with E-state index in [4.69, 9.17) is 21.1 Å². The molecular weight excluding hydrogens is 324 g/mol. The minimum absolute atomic E-state index is 0.350. The number of rotatable bonds is 6. The number of anilines is 1. The molecule has 0 fully saturated rings. The van der Waals surface area contributed by atoms with Crippen LogP contribution in [0.25, 0.3) is 10.9 Å². The summed E-state index contributed by atoms with van der Waals surface area (Å²) in [5.41, 5.74) is 3.08. The molecule has 0 saturated heterocycles. The second-order valence-electron chi connectivity index (χ2n) is 5.85. The van der Waals surface area contributed by atoms with Crippen molar-refractivity contribution in [3.05, 3.63) is 59.1 Å². The summed E-state index contributed by atoms with van der Waals surface area (Å²) in [5, 5.41) is 5.28. The maximum absolute atomic E-state index is 6.05. The predicted octanol–water partition coefficient (Wildman–Crippen LogP) is 4.77. The van der Waals surface area contributed by atoms with Crippen LogP contribution in [0, 0.1) is 5.92 Å². The minimum Gasteiger partial charge on any atom is -0.496 e. The highest BCUT2D eigenvalue weighted by molar-refractivity contribution is 6.31. The number of allylic oxidation sites excluding steroid dienone is 4. The van der Waals surface area contributed by atoms with Crippen LogP contribution in [-0.2, 0) is 9.47 Å². The molecule has 1 aromatic carbocycles. The molecule has 1 unspecified atom stereocenters. The molecule has 4 nitrogen and oxygen atoms in total. The van der Waals surface area contributed by atoms with E-state index >= 15 is 0 Å². The summed E-state index contributed by atoms with van der Waals surface area (Å²) >= 11 is 6.05. The van der Waals surface area contributed by atoms with Crippen molar-refractivity contribution in [2.45, 2.75) is 13.3 Å². The van der Waals surface area contributed by atoms with Crippen molar-refractivity contribution >= 4 is 28.2 Å². The van der Waals surface area contributed by atoms with Gasteiger partial charge in [0.1, 0.15) is 6.61 Å². The van der Waals surface area contributed by atoms with Crippen LogP contribution in [0.4, 0.5) is 5.69 Å². The number of fused-ring (bicyclic) bond motifs is 1. The molecule has 0 amide bonds. The van der Waals surface area contributed by atoms with Crippen molar-refractivity contribution in [3.63, 3.8) is 0 Å². The Morgan fingerprint density at radius 2 is 2.12 bits per heavy atom. The van der Waals surface area contributed by atoms with Crippen LogP contribution in [0.15, 0.2) is 54.1 Å². The van der Waals surface area contributed by atoms with Crippen LogP contribution in [0.1, 0.15) is 13.3 Å². The summed E-state index contributed by atoms with van der Waals surface area (Å²) in [6.45, 7) is 3.37. The van der Waals surface area contributed by atoms with Crippen molar-refractivity contribution in [3.8, 4) is 0 Å². The monoisotopic (exact) mass is 344 g/mol. The molecule has 126 valence electrons. The van der Waals surface area contributed by atoms with Crippen LogP contribution >= 0.6 is 11.6 Å². The lowest BCUT2D eigenvalue weighted by atomic mass is 9.97. The smallest absolute Gasteiger partial charge is 0.111 e. The molecule has 2 aromatic rings. The topological polar surface area (TPSA) is 43.4 Å². The Bertz CT molecular complexity index is 786.